The molecule has 9 nitrogen and oxygen atoms in total. The van der Waals surface area contributed by atoms with Gasteiger partial charge in [0.2, 0.25) is 0 Å². The number of carbonyl (C=O) groups is 2. The third-order valence-electron chi connectivity index (χ3n) is 3.72. The summed E-state index contributed by atoms with van der Waals surface area (Å²) in [7, 11) is 0. The lowest BCUT2D eigenvalue weighted by molar-refractivity contribution is -0.150. The van der Waals surface area contributed by atoms with Gasteiger partial charge < -0.3 is 20.0 Å². The van der Waals surface area contributed by atoms with Crippen molar-refractivity contribution in [3.05, 3.63) is 60.2 Å². The Morgan fingerprint density at radius 2 is 1.85 bits per heavy atom. The minimum Gasteiger partial charge on any atom is -0.445 e. The molecule has 2 atom stereocenters. The number of amides is 1. The van der Waals surface area contributed by atoms with Crippen LogP contribution in [0.4, 0.5) is 4.79 Å². The summed E-state index contributed by atoms with van der Waals surface area (Å²) in [5.74, 6) is -0.905. The second kappa shape index (κ2) is 8.28. The van der Waals surface area contributed by atoms with Crippen molar-refractivity contribution in [2.75, 3.05) is 0 Å². The van der Waals surface area contributed by atoms with Crippen LogP contribution in [-0.4, -0.2) is 44.5 Å². The number of aliphatic hydroxyl groups excluding tert-OH is 1. The molecule has 0 saturated heterocycles. The van der Waals surface area contributed by atoms with Gasteiger partial charge in [-0.15, -0.1) is 5.10 Å². The second-order valence-corrected chi connectivity index (χ2v) is 5.79. The standard InChI is InChI=1S/C18H18N4O5/c1-12(23)16(19-18(25)26-11-13-7-3-2-4-8-13)17(24)27-22-15-10-6-5-9-14(15)20-21-22/h2-10,12,16,23H,11H2,1H3,(H,19,25)/t12-,16+/m1/s1. The van der Waals surface area contributed by atoms with Crippen molar-refractivity contribution in [2.24, 2.45) is 0 Å². The highest BCUT2D eigenvalue weighted by atomic mass is 16.7. The molecule has 27 heavy (non-hydrogen) atoms. The van der Waals surface area contributed by atoms with Crippen LogP contribution in [0, 0.1) is 0 Å². The molecule has 0 bridgehead atoms. The van der Waals surface area contributed by atoms with Crippen molar-refractivity contribution in [3.63, 3.8) is 0 Å². The molecule has 1 heterocycles. The fourth-order valence-electron chi connectivity index (χ4n) is 2.33. The minimum absolute atomic E-state index is 0.0297. The molecule has 0 saturated carbocycles. The third-order valence-corrected chi connectivity index (χ3v) is 3.72. The number of ether oxygens (including phenoxy) is 1. The first kappa shape index (κ1) is 18.3. The zero-order valence-electron chi connectivity index (χ0n) is 14.5. The molecule has 9 heteroatoms. The predicted molar refractivity (Wildman–Crippen MR) is 94.3 cm³/mol. The molecule has 3 rings (SSSR count). The molecule has 0 radical (unpaired) electrons. The van der Waals surface area contributed by atoms with Crippen molar-refractivity contribution >= 4 is 23.1 Å². The summed E-state index contributed by atoms with van der Waals surface area (Å²) in [6.45, 7) is 1.38. The Morgan fingerprint density at radius 3 is 2.59 bits per heavy atom. The maximum atomic E-state index is 12.4. The average Bonchev–Trinajstić information content (AvgIpc) is 3.08. The number of rotatable bonds is 6. The number of alkyl carbamates (subject to hydrolysis) is 1. The van der Waals surface area contributed by atoms with Gasteiger partial charge >= 0.3 is 12.1 Å². The molecule has 0 spiro atoms. The van der Waals surface area contributed by atoms with Crippen molar-refractivity contribution < 1.29 is 24.3 Å². The van der Waals surface area contributed by atoms with Gasteiger partial charge in [-0.25, -0.2) is 9.59 Å². The van der Waals surface area contributed by atoms with Crippen LogP contribution in [0.25, 0.3) is 11.0 Å². The van der Waals surface area contributed by atoms with E-state index in [9.17, 15) is 14.7 Å². The SMILES string of the molecule is C[C@@H](O)[C@H](NC(=O)OCc1ccccc1)C(=O)On1nnc2ccccc21. The molecule has 0 unspecified atom stereocenters. The van der Waals surface area contributed by atoms with Gasteiger partial charge in [0.05, 0.1) is 6.10 Å². The summed E-state index contributed by atoms with van der Waals surface area (Å²) in [5.41, 5.74) is 1.80. The molecule has 1 amide bonds. The van der Waals surface area contributed by atoms with Crippen LogP contribution in [-0.2, 0) is 16.1 Å². The number of fused-ring (bicyclic) bond motifs is 1. The Labute approximate surface area is 154 Å². The van der Waals surface area contributed by atoms with Gasteiger partial charge in [-0.1, -0.05) is 47.3 Å². The summed E-state index contributed by atoms with van der Waals surface area (Å²) in [6.07, 6.45) is -2.07. The maximum Gasteiger partial charge on any atom is 0.408 e. The lowest BCUT2D eigenvalue weighted by Crippen LogP contribution is -2.51. The Balaban J connectivity index is 1.62. The first-order chi connectivity index (χ1) is 13.0. The Hall–Kier alpha value is -3.46. The first-order valence-electron chi connectivity index (χ1n) is 8.22. The number of aliphatic hydroxyl groups is 1. The highest BCUT2D eigenvalue weighted by Gasteiger charge is 2.29. The van der Waals surface area contributed by atoms with E-state index in [1.165, 1.54) is 6.92 Å². The van der Waals surface area contributed by atoms with Gasteiger partial charge in [0.15, 0.2) is 6.04 Å². The van der Waals surface area contributed by atoms with Gasteiger partial charge in [-0.2, -0.15) is 0 Å². The van der Waals surface area contributed by atoms with E-state index in [1.807, 2.05) is 18.2 Å². The van der Waals surface area contributed by atoms with Crippen molar-refractivity contribution in [1.82, 2.24) is 20.5 Å². The minimum atomic E-state index is -1.34. The Bertz CT molecular complexity index is 926. The van der Waals surface area contributed by atoms with E-state index in [2.05, 4.69) is 15.6 Å². The lowest BCUT2D eigenvalue weighted by Gasteiger charge is -2.19. The van der Waals surface area contributed by atoms with Crippen LogP contribution in [0.5, 0.6) is 0 Å². The number of para-hydroxylation sites is 1. The summed E-state index contributed by atoms with van der Waals surface area (Å²) >= 11 is 0. The van der Waals surface area contributed by atoms with Gasteiger partial charge in [-0.05, 0) is 29.8 Å². The van der Waals surface area contributed by atoms with E-state index < -0.39 is 24.2 Å². The molecule has 0 aliphatic carbocycles. The Kier molecular flexibility index (Phi) is 5.62. The quantitative estimate of drug-likeness (QED) is 0.623. The van der Waals surface area contributed by atoms with E-state index in [4.69, 9.17) is 9.57 Å². The molecule has 2 N–H and O–H groups in total. The molecule has 1 aromatic heterocycles. The van der Waals surface area contributed by atoms with Gasteiger partial charge in [-0.3, -0.25) is 0 Å². The van der Waals surface area contributed by atoms with Crippen molar-refractivity contribution in [2.45, 2.75) is 25.7 Å². The number of nitrogens with one attached hydrogen (secondary N) is 1. The Morgan fingerprint density at radius 1 is 1.15 bits per heavy atom. The van der Waals surface area contributed by atoms with E-state index in [-0.39, 0.29) is 6.61 Å². The number of hydrogen-bond donors (Lipinski definition) is 2. The monoisotopic (exact) mass is 370 g/mol. The summed E-state index contributed by atoms with van der Waals surface area (Å²) in [5, 5.41) is 19.7. The van der Waals surface area contributed by atoms with Crippen LogP contribution in [0.3, 0.4) is 0 Å². The molecular weight excluding hydrogens is 352 g/mol. The number of aromatic nitrogens is 3. The van der Waals surface area contributed by atoms with Crippen LogP contribution < -0.4 is 10.2 Å². The summed E-state index contributed by atoms with van der Waals surface area (Å²) in [4.78, 5) is 30.4. The lowest BCUT2D eigenvalue weighted by atomic mass is 10.2. The molecular formula is C18H18N4O5. The van der Waals surface area contributed by atoms with E-state index in [0.29, 0.717) is 11.0 Å². The molecule has 2 aromatic carbocycles. The highest BCUT2D eigenvalue weighted by molar-refractivity contribution is 5.83. The van der Waals surface area contributed by atoms with E-state index in [1.54, 1.807) is 36.4 Å². The van der Waals surface area contributed by atoms with Gasteiger partial charge in [0.25, 0.3) is 0 Å². The number of hydrogen-bond acceptors (Lipinski definition) is 7. The molecule has 0 fully saturated rings. The summed E-state index contributed by atoms with van der Waals surface area (Å²) < 4.78 is 5.06. The fourth-order valence-corrected chi connectivity index (χ4v) is 2.33. The molecule has 0 aliphatic heterocycles. The van der Waals surface area contributed by atoms with E-state index in [0.717, 1.165) is 10.4 Å². The maximum absolute atomic E-state index is 12.4. The fraction of sp³-hybridized carbons (Fsp3) is 0.222. The van der Waals surface area contributed by atoms with Gasteiger partial charge in [0.1, 0.15) is 17.6 Å². The topological polar surface area (TPSA) is 116 Å². The number of benzene rings is 2. The molecule has 3 aromatic rings. The first-order valence-corrected chi connectivity index (χ1v) is 8.22. The smallest absolute Gasteiger partial charge is 0.408 e. The van der Waals surface area contributed by atoms with Crippen molar-refractivity contribution in [3.8, 4) is 0 Å². The largest absolute Gasteiger partial charge is 0.445 e. The van der Waals surface area contributed by atoms with E-state index >= 15 is 0 Å². The number of nitrogens with zero attached hydrogens (tertiary/aromatic N) is 3. The van der Waals surface area contributed by atoms with Crippen LogP contribution in [0.15, 0.2) is 54.6 Å². The van der Waals surface area contributed by atoms with Crippen LogP contribution >= 0.6 is 0 Å². The predicted octanol–water partition coefficient (Wildman–Crippen LogP) is 1.06. The third kappa shape index (κ3) is 4.59. The summed E-state index contributed by atoms with van der Waals surface area (Å²) in [6, 6.07) is 14.6. The molecule has 0 aliphatic rings. The normalized spacial score (nSPS) is 13.0. The highest BCUT2D eigenvalue weighted by Crippen LogP contribution is 2.09. The van der Waals surface area contributed by atoms with Crippen LogP contribution in [0.2, 0.25) is 0 Å². The van der Waals surface area contributed by atoms with Gasteiger partial charge in [0, 0.05) is 0 Å². The van der Waals surface area contributed by atoms with Crippen molar-refractivity contribution in [1.29, 1.82) is 0 Å². The number of carbonyl (C=O) groups excluding carboxylic acids is 2. The van der Waals surface area contributed by atoms with Crippen LogP contribution in [0.1, 0.15) is 12.5 Å². The zero-order chi connectivity index (χ0) is 19.2. The average molecular weight is 370 g/mol. The molecule has 140 valence electrons. The zero-order valence-corrected chi connectivity index (χ0v) is 14.5. The second-order valence-electron chi connectivity index (χ2n) is 5.79.